The van der Waals surface area contributed by atoms with Crippen molar-refractivity contribution in [1.29, 1.82) is 0 Å². The number of carboxylic acid groups (broad SMARTS) is 1. The lowest BCUT2D eigenvalue weighted by molar-refractivity contribution is -0.132. The molecule has 0 aliphatic carbocycles. The summed E-state index contributed by atoms with van der Waals surface area (Å²) in [4.78, 5) is 13.6. The second kappa shape index (κ2) is 9.24. The lowest BCUT2D eigenvalue weighted by Gasteiger charge is -2.25. The summed E-state index contributed by atoms with van der Waals surface area (Å²) in [5, 5.41) is 9.40. The minimum atomic E-state index is -0.860. The molecule has 0 atom stereocenters. The van der Waals surface area contributed by atoms with Crippen LogP contribution in [-0.2, 0) is 9.53 Å². The van der Waals surface area contributed by atoms with E-state index in [0.29, 0.717) is 31.8 Å². The van der Waals surface area contributed by atoms with Crippen LogP contribution in [0.15, 0.2) is 54.1 Å². The summed E-state index contributed by atoms with van der Waals surface area (Å²) in [6.45, 7) is 4.55. The van der Waals surface area contributed by atoms with Crippen LogP contribution in [0.4, 0.5) is 11.4 Å². The summed E-state index contributed by atoms with van der Waals surface area (Å²) < 4.78 is 11.1. The third-order valence-corrected chi connectivity index (χ3v) is 4.43. The molecule has 0 saturated heterocycles. The van der Waals surface area contributed by atoms with Gasteiger partial charge in [0.2, 0.25) is 0 Å². The van der Waals surface area contributed by atoms with Crippen LogP contribution in [0.25, 0.3) is 6.08 Å². The van der Waals surface area contributed by atoms with Crippen molar-refractivity contribution in [1.82, 2.24) is 0 Å². The Morgan fingerprint density at radius 1 is 1.07 bits per heavy atom. The van der Waals surface area contributed by atoms with Gasteiger partial charge in [0.05, 0.1) is 6.61 Å². The molecule has 0 saturated carbocycles. The number of hydrogen-bond donors (Lipinski definition) is 1. The van der Waals surface area contributed by atoms with Gasteiger partial charge in [-0.1, -0.05) is 25.1 Å². The quantitative estimate of drug-likeness (QED) is 0.696. The highest BCUT2D eigenvalue weighted by Gasteiger charge is 2.19. The van der Waals surface area contributed by atoms with E-state index in [1.54, 1.807) is 6.08 Å². The zero-order chi connectivity index (χ0) is 19.1. The van der Waals surface area contributed by atoms with Crippen molar-refractivity contribution in [2.45, 2.75) is 19.8 Å². The first-order valence-corrected chi connectivity index (χ1v) is 9.30. The molecular weight excluding hydrogens is 342 g/mol. The van der Waals surface area contributed by atoms with Gasteiger partial charge in [-0.2, -0.15) is 0 Å². The van der Waals surface area contributed by atoms with Crippen LogP contribution < -0.4 is 9.64 Å². The fraction of sp³-hybridized carbons (Fsp3) is 0.318. The Labute approximate surface area is 159 Å². The van der Waals surface area contributed by atoms with Gasteiger partial charge in [0.1, 0.15) is 12.4 Å². The lowest BCUT2D eigenvalue weighted by Crippen LogP contribution is -2.19. The van der Waals surface area contributed by atoms with Crippen molar-refractivity contribution < 1.29 is 19.4 Å². The van der Waals surface area contributed by atoms with Crippen molar-refractivity contribution in [3.63, 3.8) is 0 Å². The molecule has 0 radical (unpaired) electrons. The van der Waals surface area contributed by atoms with E-state index in [4.69, 9.17) is 9.47 Å². The van der Waals surface area contributed by atoms with Crippen LogP contribution in [0, 0.1) is 0 Å². The van der Waals surface area contributed by atoms with E-state index in [-0.39, 0.29) is 0 Å². The standard InChI is InChI=1S/C22H25NO4/c1-2-13-26-14-15-27-20-9-7-19(8-10-20)23-12-11-18(22(24)25)16-17-5-3-4-6-21(17)23/h3-10,16H,2,11-15H2,1H3,(H,24,25). The molecule has 0 bridgehead atoms. The van der Waals surface area contributed by atoms with E-state index in [9.17, 15) is 9.90 Å². The second-order valence-corrected chi connectivity index (χ2v) is 6.39. The van der Waals surface area contributed by atoms with Crippen LogP contribution in [-0.4, -0.2) is 37.4 Å². The molecule has 2 aromatic carbocycles. The summed E-state index contributed by atoms with van der Waals surface area (Å²) in [5.41, 5.74) is 3.37. The number of carbonyl (C=O) groups is 1. The van der Waals surface area contributed by atoms with Crippen LogP contribution in [0.1, 0.15) is 25.3 Å². The minimum absolute atomic E-state index is 0.428. The van der Waals surface area contributed by atoms with Gasteiger partial charge in [0.15, 0.2) is 0 Å². The number of ether oxygens (including phenoxy) is 2. The molecular formula is C22H25NO4. The van der Waals surface area contributed by atoms with Gasteiger partial charge in [-0.15, -0.1) is 0 Å². The highest BCUT2D eigenvalue weighted by atomic mass is 16.5. The second-order valence-electron chi connectivity index (χ2n) is 6.39. The molecule has 0 aromatic heterocycles. The van der Waals surface area contributed by atoms with Gasteiger partial charge >= 0.3 is 5.97 Å². The largest absolute Gasteiger partial charge is 0.491 e. The molecule has 0 amide bonds. The zero-order valence-electron chi connectivity index (χ0n) is 15.6. The number of benzene rings is 2. The van der Waals surface area contributed by atoms with Crippen molar-refractivity contribution in [2.75, 3.05) is 31.3 Å². The lowest BCUT2D eigenvalue weighted by atomic mass is 10.1. The molecule has 0 fully saturated rings. The number of rotatable bonds is 8. The summed E-state index contributed by atoms with van der Waals surface area (Å²) in [6, 6.07) is 15.8. The maximum absolute atomic E-state index is 11.5. The molecule has 5 heteroatoms. The van der Waals surface area contributed by atoms with Crippen molar-refractivity contribution >= 4 is 23.4 Å². The molecule has 5 nitrogen and oxygen atoms in total. The highest BCUT2D eigenvalue weighted by molar-refractivity contribution is 5.94. The first-order chi connectivity index (χ1) is 13.2. The van der Waals surface area contributed by atoms with Gasteiger partial charge in [-0.3, -0.25) is 0 Å². The van der Waals surface area contributed by atoms with E-state index in [0.717, 1.165) is 35.7 Å². The Kier molecular flexibility index (Phi) is 6.49. The van der Waals surface area contributed by atoms with Crippen LogP contribution in [0.5, 0.6) is 5.75 Å². The molecule has 1 heterocycles. The fourth-order valence-corrected chi connectivity index (χ4v) is 3.09. The normalized spacial score (nSPS) is 13.5. The molecule has 0 spiro atoms. The van der Waals surface area contributed by atoms with Crippen LogP contribution in [0.3, 0.4) is 0 Å². The average molecular weight is 367 g/mol. The highest BCUT2D eigenvalue weighted by Crippen LogP contribution is 2.34. The monoisotopic (exact) mass is 367 g/mol. The molecule has 3 rings (SSSR count). The third-order valence-electron chi connectivity index (χ3n) is 4.43. The minimum Gasteiger partial charge on any atom is -0.491 e. The van der Waals surface area contributed by atoms with Crippen molar-refractivity contribution in [2.24, 2.45) is 0 Å². The summed E-state index contributed by atoms with van der Waals surface area (Å²) in [6.07, 6.45) is 3.26. The van der Waals surface area contributed by atoms with Crippen molar-refractivity contribution in [3.8, 4) is 5.75 Å². The Morgan fingerprint density at radius 3 is 2.59 bits per heavy atom. The number of hydrogen-bond acceptors (Lipinski definition) is 4. The predicted octanol–water partition coefficient (Wildman–Crippen LogP) is 4.50. The molecule has 142 valence electrons. The first kappa shape index (κ1) is 19.0. The number of para-hydroxylation sites is 1. The summed E-state index contributed by atoms with van der Waals surface area (Å²) in [5.74, 6) is -0.0630. The van der Waals surface area contributed by atoms with Gasteiger partial charge in [0, 0.05) is 30.1 Å². The number of carboxylic acids is 1. The van der Waals surface area contributed by atoms with E-state index in [1.165, 1.54) is 0 Å². The van der Waals surface area contributed by atoms with E-state index in [1.807, 2.05) is 48.5 Å². The Balaban J connectivity index is 1.72. The smallest absolute Gasteiger partial charge is 0.331 e. The number of fused-ring (bicyclic) bond motifs is 1. The molecule has 2 aromatic rings. The third kappa shape index (κ3) is 4.89. The molecule has 27 heavy (non-hydrogen) atoms. The Hall–Kier alpha value is -2.79. The maximum Gasteiger partial charge on any atom is 0.331 e. The van der Waals surface area contributed by atoms with Crippen LogP contribution in [0.2, 0.25) is 0 Å². The maximum atomic E-state index is 11.5. The first-order valence-electron chi connectivity index (χ1n) is 9.30. The zero-order valence-corrected chi connectivity index (χ0v) is 15.6. The summed E-state index contributed by atoms with van der Waals surface area (Å²) in [7, 11) is 0. The molecule has 1 N–H and O–H groups in total. The van der Waals surface area contributed by atoms with Gasteiger partial charge in [-0.05, 0) is 54.8 Å². The van der Waals surface area contributed by atoms with Gasteiger partial charge < -0.3 is 19.5 Å². The summed E-state index contributed by atoms with van der Waals surface area (Å²) >= 11 is 0. The van der Waals surface area contributed by atoms with Crippen LogP contribution >= 0.6 is 0 Å². The Morgan fingerprint density at radius 2 is 1.85 bits per heavy atom. The SMILES string of the molecule is CCCOCCOc1ccc(N2CCC(C(=O)O)=Cc3ccccc32)cc1. The van der Waals surface area contributed by atoms with E-state index >= 15 is 0 Å². The number of nitrogens with zero attached hydrogens (tertiary/aromatic N) is 1. The average Bonchev–Trinajstić information content (AvgIpc) is 2.88. The van der Waals surface area contributed by atoms with E-state index < -0.39 is 5.97 Å². The van der Waals surface area contributed by atoms with Crippen molar-refractivity contribution in [3.05, 3.63) is 59.7 Å². The number of aliphatic carboxylic acids is 1. The molecule has 0 unspecified atom stereocenters. The van der Waals surface area contributed by atoms with E-state index in [2.05, 4.69) is 11.8 Å². The van der Waals surface area contributed by atoms with Gasteiger partial charge in [0.25, 0.3) is 0 Å². The molecule has 1 aliphatic rings. The predicted molar refractivity (Wildman–Crippen MR) is 107 cm³/mol. The topological polar surface area (TPSA) is 59.0 Å². The fourth-order valence-electron chi connectivity index (χ4n) is 3.09. The van der Waals surface area contributed by atoms with Gasteiger partial charge in [-0.25, -0.2) is 4.79 Å². The number of anilines is 2. The molecule has 1 aliphatic heterocycles. The Bertz CT molecular complexity index is 798.